The van der Waals surface area contributed by atoms with Crippen LogP contribution in [-0.2, 0) is 24.1 Å². The second-order valence-corrected chi connectivity index (χ2v) is 9.03. The number of rotatable bonds is 5. The highest BCUT2D eigenvalue weighted by molar-refractivity contribution is 7.19. The van der Waals surface area contributed by atoms with Gasteiger partial charge in [-0.1, -0.05) is 6.07 Å². The van der Waals surface area contributed by atoms with E-state index in [0.29, 0.717) is 12.1 Å². The van der Waals surface area contributed by atoms with Gasteiger partial charge in [0.15, 0.2) is 0 Å². The third-order valence-corrected chi connectivity index (χ3v) is 7.05. The zero-order valence-corrected chi connectivity index (χ0v) is 17.7. The van der Waals surface area contributed by atoms with Crippen molar-refractivity contribution < 1.29 is 13.5 Å². The minimum atomic E-state index is -0.573. The first-order chi connectivity index (χ1) is 14.6. The molecule has 5 rings (SSSR count). The molecule has 0 bridgehead atoms. The number of anilines is 1. The predicted molar refractivity (Wildman–Crippen MR) is 114 cm³/mol. The number of nitrogens with one attached hydrogen (secondary N) is 1. The molecule has 0 spiro atoms. The largest absolute Gasteiger partial charge is 0.379 e. The van der Waals surface area contributed by atoms with E-state index in [9.17, 15) is 8.78 Å². The molecule has 1 unspecified atom stereocenters. The predicted octanol–water partition coefficient (Wildman–Crippen LogP) is 4.46. The highest BCUT2D eigenvalue weighted by Gasteiger charge is 2.24. The maximum atomic E-state index is 14.3. The van der Waals surface area contributed by atoms with Crippen LogP contribution in [0.25, 0.3) is 10.2 Å². The normalized spacial score (nSPS) is 18.0. The summed E-state index contributed by atoms with van der Waals surface area (Å²) in [4.78, 5) is 14.4. The molecule has 1 N–H and O–H groups in total. The fourth-order valence-corrected chi connectivity index (χ4v) is 5.59. The van der Waals surface area contributed by atoms with Crippen LogP contribution in [0.4, 0.5) is 14.6 Å². The standard InChI is InChI=1S/C22H24F2N4OS/c1-13(15-6-5-14(23)11-17(15)24)25-21-20-16-3-2-4-18(16)30-22(20)27-19(26-21)12-28-7-9-29-10-8-28/h5-6,11,13H,2-4,7-10,12H2,1H3,(H,25,26,27). The number of ether oxygens (including phenoxy) is 1. The number of benzene rings is 1. The molecule has 3 aromatic rings. The Morgan fingerprint density at radius 3 is 2.83 bits per heavy atom. The summed E-state index contributed by atoms with van der Waals surface area (Å²) in [5, 5.41) is 4.47. The summed E-state index contributed by atoms with van der Waals surface area (Å²) in [5.41, 5.74) is 1.74. The zero-order valence-electron chi connectivity index (χ0n) is 16.9. The number of nitrogens with zero attached hydrogens (tertiary/aromatic N) is 3. The van der Waals surface area contributed by atoms with Gasteiger partial charge in [-0.15, -0.1) is 11.3 Å². The monoisotopic (exact) mass is 430 g/mol. The molecule has 2 aromatic heterocycles. The SMILES string of the molecule is CC(Nc1nc(CN2CCOCC2)nc2sc3c(c12)CCC3)c1ccc(F)cc1F. The van der Waals surface area contributed by atoms with Crippen LogP contribution in [0.5, 0.6) is 0 Å². The molecular formula is C22H24F2N4OS. The van der Waals surface area contributed by atoms with E-state index >= 15 is 0 Å². The van der Waals surface area contributed by atoms with Gasteiger partial charge in [-0.3, -0.25) is 4.90 Å². The quantitative estimate of drug-likeness (QED) is 0.648. The maximum absolute atomic E-state index is 14.3. The number of halogens is 2. The summed E-state index contributed by atoms with van der Waals surface area (Å²) in [7, 11) is 0. The first-order valence-electron chi connectivity index (χ1n) is 10.4. The molecule has 8 heteroatoms. The molecule has 5 nitrogen and oxygen atoms in total. The molecule has 1 aromatic carbocycles. The lowest BCUT2D eigenvalue weighted by molar-refractivity contribution is 0.0331. The van der Waals surface area contributed by atoms with Gasteiger partial charge in [0.2, 0.25) is 0 Å². The van der Waals surface area contributed by atoms with E-state index in [1.165, 1.54) is 22.6 Å². The fraction of sp³-hybridized carbons (Fsp3) is 0.455. The Balaban J connectivity index is 1.51. The van der Waals surface area contributed by atoms with E-state index in [1.807, 2.05) is 6.92 Å². The Morgan fingerprint density at radius 2 is 2.03 bits per heavy atom. The van der Waals surface area contributed by atoms with Gasteiger partial charge in [-0.05, 0) is 37.8 Å². The number of hydrogen-bond acceptors (Lipinski definition) is 6. The molecule has 1 aliphatic carbocycles. The minimum Gasteiger partial charge on any atom is -0.379 e. The van der Waals surface area contributed by atoms with Crippen molar-refractivity contribution in [1.82, 2.24) is 14.9 Å². The van der Waals surface area contributed by atoms with Gasteiger partial charge in [0.05, 0.1) is 31.2 Å². The van der Waals surface area contributed by atoms with Crippen LogP contribution in [0.15, 0.2) is 18.2 Å². The third kappa shape index (κ3) is 3.79. The van der Waals surface area contributed by atoms with Crippen LogP contribution in [0, 0.1) is 11.6 Å². The fourth-order valence-electron chi connectivity index (χ4n) is 4.31. The lowest BCUT2D eigenvalue weighted by Gasteiger charge is -2.26. The lowest BCUT2D eigenvalue weighted by Crippen LogP contribution is -2.36. The second kappa shape index (κ2) is 8.17. The Labute approximate surface area is 178 Å². The molecule has 1 aliphatic heterocycles. The lowest BCUT2D eigenvalue weighted by atomic mass is 10.1. The molecule has 158 valence electrons. The molecule has 1 saturated heterocycles. The van der Waals surface area contributed by atoms with E-state index in [2.05, 4.69) is 10.2 Å². The van der Waals surface area contributed by atoms with Crippen LogP contribution in [0.1, 0.15) is 41.2 Å². The molecule has 0 amide bonds. The van der Waals surface area contributed by atoms with E-state index in [1.54, 1.807) is 11.3 Å². The third-order valence-electron chi connectivity index (χ3n) is 5.86. The second-order valence-electron chi connectivity index (χ2n) is 7.95. The van der Waals surface area contributed by atoms with E-state index < -0.39 is 11.6 Å². The van der Waals surface area contributed by atoms with Crippen molar-refractivity contribution in [3.8, 4) is 0 Å². The smallest absolute Gasteiger partial charge is 0.146 e. The van der Waals surface area contributed by atoms with Gasteiger partial charge in [0.1, 0.15) is 28.1 Å². The molecule has 1 fully saturated rings. The highest BCUT2D eigenvalue weighted by atomic mass is 32.1. The minimum absolute atomic E-state index is 0.350. The van der Waals surface area contributed by atoms with Crippen molar-refractivity contribution in [3.63, 3.8) is 0 Å². The first-order valence-corrected chi connectivity index (χ1v) is 11.2. The molecule has 1 atom stereocenters. The van der Waals surface area contributed by atoms with E-state index in [-0.39, 0.29) is 6.04 Å². The van der Waals surface area contributed by atoms with Gasteiger partial charge in [0.25, 0.3) is 0 Å². The Bertz CT molecular complexity index is 1080. The van der Waals surface area contributed by atoms with Gasteiger partial charge < -0.3 is 10.1 Å². The summed E-state index contributed by atoms with van der Waals surface area (Å²) in [6.45, 7) is 5.71. The number of aromatic nitrogens is 2. The zero-order chi connectivity index (χ0) is 20.7. The van der Waals surface area contributed by atoms with Crippen molar-refractivity contribution in [2.24, 2.45) is 0 Å². The van der Waals surface area contributed by atoms with Crippen LogP contribution >= 0.6 is 11.3 Å². The summed E-state index contributed by atoms with van der Waals surface area (Å²) < 4.78 is 33.1. The average molecular weight is 431 g/mol. The Morgan fingerprint density at radius 1 is 1.20 bits per heavy atom. The topological polar surface area (TPSA) is 50.3 Å². The Hall–Kier alpha value is -2.16. The van der Waals surface area contributed by atoms with Gasteiger partial charge >= 0.3 is 0 Å². The van der Waals surface area contributed by atoms with Gasteiger partial charge in [0, 0.05) is 29.6 Å². The van der Waals surface area contributed by atoms with Crippen molar-refractivity contribution in [1.29, 1.82) is 0 Å². The van der Waals surface area contributed by atoms with Crippen molar-refractivity contribution in [2.45, 2.75) is 38.8 Å². The van der Waals surface area contributed by atoms with Crippen molar-refractivity contribution in [2.75, 3.05) is 31.6 Å². The number of morpholine rings is 1. The molecule has 0 radical (unpaired) electrons. The summed E-state index contributed by atoms with van der Waals surface area (Å²) in [5.74, 6) is 0.387. The van der Waals surface area contributed by atoms with Crippen molar-refractivity contribution >= 4 is 27.4 Å². The summed E-state index contributed by atoms with van der Waals surface area (Å²) in [6.07, 6.45) is 3.25. The number of fused-ring (bicyclic) bond motifs is 3. The molecule has 0 saturated carbocycles. The molecular weight excluding hydrogens is 406 g/mol. The maximum Gasteiger partial charge on any atom is 0.146 e. The summed E-state index contributed by atoms with van der Waals surface area (Å²) in [6, 6.07) is 3.36. The van der Waals surface area contributed by atoms with E-state index in [0.717, 1.165) is 73.5 Å². The summed E-state index contributed by atoms with van der Waals surface area (Å²) >= 11 is 1.75. The number of thiophene rings is 1. The molecule has 3 heterocycles. The number of aryl methyl sites for hydroxylation is 2. The van der Waals surface area contributed by atoms with Gasteiger partial charge in [-0.2, -0.15) is 0 Å². The van der Waals surface area contributed by atoms with Crippen LogP contribution in [0.2, 0.25) is 0 Å². The highest BCUT2D eigenvalue weighted by Crippen LogP contribution is 2.40. The van der Waals surface area contributed by atoms with Crippen LogP contribution in [0.3, 0.4) is 0 Å². The Kier molecular flexibility index (Phi) is 5.39. The van der Waals surface area contributed by atoms with Crippen LogP contribution < -0.4 is 5.32 Å². The average Bonchev–Trinajstić information content (AvgIpc) is 3.29. The van der Waals surface area contributed by atoms with Crippen molar-refractivity contribution in [3.05, 3.63) is 51.7 Å². The molecule has 30 heavy (non-hydrogen) atoms. The van der Waals surface area contributed by atoms with Crippen LogP contribution in [-0.4, -0.2) is 41.2 Å². The molecule has 2 aliphatic rings. The number of hydrogen-bond donors (Lipinski definition) is 1. The van der Waals surface area contributed by atoms with E-state index in [4.69, 9.17) is 14.7 Å². The van der Waals surface area contributed by atoms with Gasteiger partial charge in [-0.25, -0.2) is 18.7 Å². The first kappa shape index (κ1) is 19.8.